The number of thiazole rings is 1. The lowest BCUT2D eigenvalue weighted by molar-refractivity contribution is -0.149. The molecule has 0 spiro atoms. The summed E-state index contributed by atoms with van der Waals surface area (Å²) in [6, 6.07) is 6.45. The number of nitrogens with zero attached hydrogens (tertiary/aromatic N) is 2. The summed E-state index contributed by atoms with van der Waals surface area (Å²) >= 11 is 1.43. The maximum atomic E-state index is 12.9. The van der Waals surface area contributed by atoms with Gasteiger partial charge in [-0.25, -0.2) is 9.97 Å². The van der Waals surface area contributed by atoms with Gasteiger partial charge < -0.3 is 14.8 Å². The number of carbonyl (C=O) groups excluding carboxylic acids is 2. The Bertz CT molecular complexity index is 1190. The summed E-state index contributed by atoms with van der Waals surface area (Å²) in [6.45, 7) is 0. The van der Waals surface area contributed by atoms with Crippen LogP contribution in [0.1, 0.15) is 39.9 Å². The van der Waals surface area contributed by atoms with E-state index in [0.717, 1.165) is 21.8 Å². The van der Waals surface area contributed by atoms with Crippen LogP contribution < -0.4 is 10.1 Å². The second kappa shape index (κ2) is 8.38. The smallest absolute Gasteiger partial charge is 0.433 e. The zero-order valence-corrected chi connectivity index (χ0v) is 17.8. The van der Waals surface area contributed by atoms with Gasteiger partial charge in [0.05, 0.1) is 41.0 Å². The average molecular weight is 465 g/mol. The van der Waals surface area contributed by atoms with E-state index >= 15 is 0 Å². The Labute approximate surface area is 184 Å². The molecule has 0 unspecified atom stereocenters. The van der Waals surface area contributed by atoms with Crippen LogP contribution in [0.5, 0.6) is 5.75 Å². The van der Waals surface area contributed by atoms with Crippen LogP contribution in [0.4, 0.5) is 18.9 Å². The van der Waals surface area contributed by atoms with Gasteiger partial charge in [0.2, 0.25) is 0 Å². The first-order valence-corrected chi connectivity index (χ1v) is 10.4. The molecule has 1 saturated carbocycles. The van der Waals surface area contributed by atoms with Crippen molar-refractivity contribution in [2.75, 3.05) is 19.5 Å². The van der Waals surface area contributed by atoms with Crippen molar-refractivity contribution in [2.24, 2.45) is 5.92 Å². The molecule has 3 aromatic rings. The summed E-state index contributed by atoms with van der Waals surface area (Å²) in [5, 5.41) is 3.43. The molecule has 1 aliphatic carbocycles. The molecule has 0 aliphatic heterocycles. The summed E-state index contributed by atoms with van der Waals surface area (Å²) in [6.07, 6.45) is -3.33. The molecule has 11 heteroatoms. The summed E-state index contributed by atoms with van der Waals surface area (Å²) in [5.41, 5.74) is -0.556. The first-order valence-electron chi connectivity index (χ1n) is 9.61. The minimum atomic E-state index is -4.65. The molecular weight excluding hydrogens is 447 g/mol. The lowest BCUT2D eigenvalue weighted by Gasteiger charge is -2.31. The van der Waals surface area contributed by atoms with Gasteiger partial charge in [0.25, 0.3) is 5.91 Å². The standard InChI is InChI=1S/C21H18F3N3O4S/c1-30-15-8-14-16(32-19(27-14)10-6-11(7-10)20(29)31-2)9-13(15)26-18(28)12-4-3-5-17(25-12)21(22,23)24/h3-5,8-11H,6-7H2,1-2H3,(H,26,28). The topological polar surface area (TPSA) is 90.4 Å². The van der Waals surface area contributed by atoms with Crippen molar-refractivity contribution in [3.63, 3.8) is 0 Å². The van der Waals surface area contributed by atoms with Crippen molar-refractivity contribution in [2.45, 2.75) is 24.9 Å². The number of alkyl halides is 3. The molecule has 2 heterocycles. The van der Waals surface area contributed by atoms with Gasteiger partial charge in [0.15, 0.2) is 0 Å². The van der Waals surface area contributed by atoms with Gasteiger partial charge in [0.1, 0.15) is 17.1 Å². The van der Waals surface area contributed by atoms with E-state index in [1.54, 1.807) is 12.1 Å². The Morgan fingerprint density at radius 3 is 2.56 bits per heavy atom. The van der Waals surface area contributed by atoms with Crippen molar-refractivity contribution in [1.29, 1.82) is 0 Å². The molecule has 32 heavy (non-hydrogen) atoms. The van der Waals surface area contributed by atoms with Gasteiger partial charge in [0, 0.05) is 12.0 Å². The molecule has 168 valence electrons. The molecule has 4 rings (SSSR count). The number of carbonyl (C=O) groups is 2. The maximum Gasteiger partial charge on any atom is 0.433 e. The number of halogens is 3. The van der Waals surface area contributed by atoms with Crippen LogP contribution in [-0.2, 0) is 15.7 Å². The second-order valence-corrected chi connectivity index (χ2v) is 8.38. The van der Waals surface area contributed by atoms with Crippen molar-refractivity contribution in [1.82, 2.24) is 9.97 Å². The predicted octanol–water partition coefficient (Wildman–Crippen LogP) is 4.64. The molecule has 0 bridgehead atoms. The number of fused-ring (bicyclic) bond motifs is 1. The van der Waals surface area contributed by atoms with E-state index in [0.29, 0.717) is 29.8 Å². The molecule has 0 saturated heterocycles. The van der Waals surface area contributed by atoms with Crippen LogP contribution >= 0.6 is 11.3 Å². The van der Waals surface area contributed by atoms with E-state index in [-0.39, 0.29) is 23.5 Å². The number of aromatic nitrogens is 2. The fraction of sp³-hybridized carbons (Fsp3) is 0.333. The first-order chi connectivity index (χ1) is 15.2. The van der Waals surface area contributed by atoms with Gasteiger partial charge >= 0.3 is 12.1 Å². The Morgan fingerprint density at radius 1 is 1.16 bits per heavy atom. The second-order valence-electron chi connectivity index (χ2n) is 7.32. The van der Waals surface area contributed by atoms with Gasteiger partial charge in [-0.2, -0.15) is 13.2 Å². The van der Waals surface area contributed by atoms with Gasteiger partial charge in [-0.05, 0) is 31.0 Å². The number of rotatable bonds is 5. The van der Waals surface area contributed by atoms with Gasteiger partial charge in [-0.15, -0.1) is 11.3 Å². The third-order valence-corrected chi connectivity index (χ3v) is 6.45. The zero-order chi connectivity index (χ0) is 23.0. The van der Waals surface area contributed by atoms with Gasteiger partial charge in [-0.1, -0.05) is 6.07 Å². The number of nitrogens with one attached hydrogen (secondary N) is 1. The summed E-state index contributed by atoms with van der Waals surface area (Å²) in [4.78, 5) is 32.2. The fourth-order valence-electron chi connectivity index (χ4n) is 3.50. The van der Waals surface area contributed by atoms with E-state index in [1.165, 1.54) is 31.6 Å². The molecular formula is C21H18F3N3O4S. The average Bonchev–Trinajstić information content (AvgIpc) is 3.13. The third-order valence-electron chi connectivity index (χ3n) is 5.27. The van der Waals surface area contributed by atoms with E-state index in [2.05, 4.69) is 15.3 Å². The number of anilines is 1. The van der Waals surface area contributed by atoms with Crippen LogP contribution in [0.3, 0.4) is 0 Å². The molecule has 1 aliphatic rings. The summed E-state index contributed by atoms with van der Waals surface area (Å²) in [5.74, 6) is -0.678. The highest BCUT2D eigenvalue weighted by Crippen LogP contribution is 2.45. The molecule has 7 nitrogen and oxygen atoms in total. The molecule has 1 N–H and O–H groups in total. The maximum absolute atomic E-state index is 12.9. The highest BCUT2D eigenvalue weighted by Gasteiger charge is 2.38. The number of pyridine rings is 1. The molecule has 1 amide bonds. The van der Waals surface area contributed by atoms with E-state index in [4.69, 9.17) is 9.47 Å². The Morgan fingerprint density at radius 2 is 1.91 bits per heavy atom. The fourth-order valence-corrected chi connectivity index (χ4v) is 4.61. The number of esters is 1. The number of ether oxygens (including phenoxy) is 2. The molecule has 2 aromatic heterocycles. The minimum absolute atomic E-state index is 0.124. The van der Waals surface area contributed by atoms with Crippen molar-refractivity contribution in [3.05, 3.63) is 46.7 Å². The van der Waals surface area contributed by atoms with E-state index in [9.17, 15) is 22.8 Å². The number of amides is 1. The van der Waals surface area contributed by atoms with Crippen LogP contribution in [0.15, 0.2) is 30.3 Å². The Balaban J connectivity index is 1.56. The SMILES string of the molecule is COC(=O)C1CC(c2nc3cc(OC)c(NC(=O)c4cccc(C(F)(F)F)n4)cc3s2)C1. The molecule has 0 atom stereocenters. The monoisotopic (exact) mass is 465 g/mol. The minimum Gasteiger partial charge on any atom is -0.494 e. The highest BCUT2D eigenvalue weighted by molar-refractivity contribution is 7.18. The molecule has 1 aromatic carbocycles. The van der Waals surface area contributed by atoms with E-state index < -0.39 is 17.8 Å². The molecule has 0 radical (unpaired) electrons. The van der Waals surface area contributed by atoms with Gasteiger partial charge in [-0.3, -0.25) is 9.59 Å². The highest BCUT2D eigenvalue weighted by atomic mass is 32.1. The van der Waals surface area contributed by atoms with E-state index in [1.807, 2.05) is 0 Å². The summed E-state index contributed by atoms with van der Waals surface area (Å²) < 4.78 is 49.6. The van der Waals surface area contributed by atoms with Crippen molar-refractivity contribution in [3.8, 4) is 5.75 Å². The Kier molecular flexibility index (Phi) is 5.76. The predicted molar refractivity (Wildman–Crippen MR) is 111 cm³/mol. The first kappa shape index (κ1) is 22.0. The third kappa shape index (κ3) is 4.24. The van der Waals surface area contributed by atoms with Crippen LogP contribution in [0.25, 0.3) is 10.2 Å². The number of hydrogen-bond acceptors (Lipinski definition) is 7. The van der Waals surface area contributed by atoms with Crippen molar-refractivity contribution >= 4 is 39.1 Å². The lowest BCUT2D eigenvalue weighted by Crippen LogP contribution is -2.29. The Hall–Kier alpha value is -3.21. The largest absolute Gasteiger partial charge is 0.494 e. The van der Waals surface area contributed by atoms with Crippen molar-refractivity contribution < 1.29 is 32.2 Å². The van der Waals surface area contributed by atoms with Crippen LogP contribution in [0, 0.1) is 5.92 Å². The number of hydrogen-bond donors (Lipinski definition) is 1. The number of benzene rings is 1. The molecule has 1 fully saturated rings. The normalized spacial score (nSPS) is 18.2. The quantitative estimate of drug-likeness (QED) is 0.553. The number of methoxy groups -OCH3 is 2. The van der Waals surface area contributed by atoms with Crippen LogP contribution in [-0.4, -0.2) is 36.1 Å². The zero-order valence-electron chi connectivity index (χ0n) is 17.0. The lowest BCUT2D eigenvalue weighted by atomic mass is 9.75. The van der Waals surface area contributed by atoms with Crippen LogP contribution in [0.2, 0.25) is 0 Å². The summed E-state index contributed by atoms with van der Waals surface area (Å²) in [7, 11) is 2.78.